The van der Waals surface area contributed by atoms with Crippen molar-refractivity contribution < 1.29 is 14.0 Å². The minimum atomic E-state index is -0.480. The minimum absolute atomic E-state index is 0.195. The molecule has 3 aromatic heterocycles. The van der Waals surface area contributed by atoms with Crippen LogP contribution in [-0.2, 0) is 0 Å². The van der Waals surface area contributed by atoms with E-state index in [0.717, 1.165) is 4.90 Å². The topological polar surface area (TPSA) is 81.0 Å². The molecule has 0 atom stereocenters. The Bertz CT molecular complexity index is 1280. The molecule has 4 aromatic rings. The molecule has 0 N–H and O–H groups in total. The fourth-order valence-electron chi connectivity index (χ4n) is 3.40. The van der Waals surface area contributed by atoms with Crippen molar-refractivity contribution in [2.24, 2.45) is 0 Å². The Balaban J connectivity index is 1.93. The Kier molecular flexibility index (Phi) is 3.35. The van der Waals surface area contributed by atoms with E-state index in [2.05, 4.69) is 15.1 Å². The smallest absolute Gasteiger partial charge is 0.262 e. The summed E-state index contributed by atoms with van der Waals surface area (Å²) in [5.74, 6) is -1.35. The number of benzene rings is 1. The predicted molar refractivity (Wildman–Crippen MR) is 98.5 cm³/mol. The van der Waals surface area contributed by atoms with E-state index in [9.17, 15) is 14.0 Å². The maximum atomic E-state index is 14.5. The summed E-state index contributed by atoms with van der Waals surface area (Å²) >= 11 is 0. The molecular formula is C20H12FN5O2. The number of halogens is 1. The minimum Gasteiger partial charge on any atom is -0.277 e. The average Bonchev–Trinajstić information content (AvgIpc) is 3.21. The molecule has 0 unspecified atom stereocenters. The van der Waals surface area contributed by atoms with Crippen molar-refractivity contribution in [2.75, 3.05) is 7.05 Å². The Morgan fingerprint density at radius 1 is 1.00 bits per heavy atom. The number of amides is 2. The first-order valence-corrected chi connectivity index (χ1v) is 8.47. The summed E-state index contributed by atoms with van der Waals surface area (Å²) in [6.07, 6.45) is 4.55. The standard InChI is InChI=1S/C20H12FN5O2/c1-25-19(27)12-10-23-18-16(15(12)20(25)28)17(11-5-4-8-22-9-11)24-26(18)14-7-3-2-6-13(14)21/h2-10H,1H3. The number of imide groups is 1. The normalized spacial score (nSPS) is 13.4. The van der Waals surface area contributed by atoms with Crippen molar-refractivity contribution >= 4 is 22.8 Å². The first-order chi connectivity index (χ1) is 13.6. The van der Waals surface area contributed by atoms with Gasteiger partial charge in [0.2, 0.25) is 0 Å². The lowest BCUT2D eigenvalue weighted by atomic mass is 10.0. The number of para-hydroxylation sites is 1. The number of carbonyl (C=O) groups is 2. The van der Waals surface area contributed by atoms with Gasteiger partial charge in [-0.3, -0.25) is 19.5 Å². The molecule has 1 aliphatic heterocycles. The molecule has 0 aliphatic carbocycles. The number of fused-ring (bicyclic) bond motifs is 3. The van der Waals surface area contributed by atoms with Gasteiger partial charge in [0.15, 0.2) is 5.65 Å². The van der Waals surface area contributed by atoms with Gasteiger partial charge in [-0.1, -0.05) is 12.1 Å². The van der Waals surface area contributed by atoms with E-state index in [-0.39, 0.29) is 16.8 Å². The van der Waals surface area contributed by atoms with Crippen LogP contribution in [0.5, 0.6) is 0 Å². The van der Waals surface area contributed by atoms with Gasteiger partial charge in [0.25, 0.3) is 11.8 Å². The highest BCUT2D eigenvalue weighted by Crippen LogP contribution is 2.36. The van der Waals surface area contributed by atoms with E-state index in [0.29, 0.717) is 22.3 Å². The van der Waals surface area contributed by atoms with E-state index < -0.39 is 17.6 Å². The Morgan fingerprint density at radius 2 is 1.82 bits per heavy atom. The zero-order valence-electron chi connectivity index (χ0n) is 14.6. The third kappa shape index (κ3) is 2.11. The van der Waals surface area contributed by atoms with E-state index >= 15 is 0 Å². The second-order valence-electron chi connectivity index (χ2n) is 6.37. The van der Waals surface area contributed by atoms with Gasteiger partial charge in [-0.25, -0.2) is 14.1 Å². The third-order valence-electron chi connectivity index (χ3n) is 4.77. The van der Waals surface area contributed by atoms with Crippen LogP contribution in [0.25, 0.3) is 28.0 Å². The second-order valence-corrected chi connectivity index (χ2v) is 6.37. The Morgan fingerprint density at radius 3 is 2.57 bits per heavy atom. The molecule has 5 rings (SSSR count). The highest BCUT2D eigenvalue weighted by Gasteiger charge is 2.37. The number of pyridine rings is 2. The molecule has 136 valence electrons. The van der Waals surface area contributed by atoms with Crippen LogP contribution >= 0.6 is 0 Å². The van der Waals surface area contributed by atoms with Gasteiger partial charge < -0.3 is 0 Å². The third-order valence-corrected chi connectivity index (χ3v) is 4.77. The van der Waals surface area contributed by atoms with Crippen molar-refractivity contribution in [1.29, 1.82) is 0 Å². The van der Waals surface area contributed by atoms with Crippen LogP contribution in [0.1, 0.15) is 20.7 Å². The molecular weight excluding hydrogens is 361 g/mol. The molecule has 1 aromatic carbocycles. The molecule has 28 heavy (non-hydrogen) atoms. The first kappa shape index (κ1) is 16.2. The van der Waals surface area contributed by atoms with Crippen LogP contribution in [0, 0.1) is 5.82 Å². The van der Waals surface area contributed by atoms with Crippen molar-refractivity contribution in [2.45, 2.75) is 0 Å². The highest BCUT2D eigenvalue weighted by atomic mass is 19.1. The molecule has 0 spiro atoms. The summed E-state index contributed by atoms with van der Waals surface area (Å²) < 4.78 is 15.8. The van der Waals surface area contributed by atoms with Crippen LogP contribution in [-0.4, -0.2) is 43.5 Å². The predicted octanol–water partition coefficient (Wildman–Crippen LogP) is 2.85. The number of aromatic nitrogens is 4. The number of carbonyl (C=O) groups excluding carboxylic acids is 2. The fraction of sp³-hybridized carbons (Fsp3) is 0.0500. The van der Waals surface area contributed by atoms with Crippen molar-refractivity contribution in [3.8, 4) is 16.9 Å². The molecule has 2 amide bonds. The van der Waals surface area contributed by atoms with E-state index in [4.69, 9.17) is 0 Å². The zero-order valence-corrected chi connectivity index (χ0v) is 14.6. The summed E-state index contributed by atoms with van der Waals surface area (Å²) in [6, 6.07) is 9.68. The van der Waals surface area contributed by atoms with Crippen LogP contribution in [0.3, 0.4) is 0 Å². The second kappa shape index (κ2) is 5.78. The monoisotopic (exact) mass is 373 g/mol. The van der Waals surface area contributed by atoms with Gasteiger partial charge >= 0.3 is 0 Å². The molecule has 0 fully saturated rings. The van der Waals surface area contributed by atoms with Gasteiger partial charge in [0.05, 0.1) is 16.5 Å². The van der Waals surface area contributed by atoms with Crippen LogP contribution in [0.4, 0.5) is 4.39 Å². The maximum Gasteiger partial charge on any atom is 0.262 e. The van der Waals surface area contributed by atoms with Gasteiger partial charge in [-0.2, -0.15) is 5.10 Å². The van der Waals surface area contributed by atoms with Crippen LogP contribution in [0.2, 0.25) is 0 Å². The molecule has 0 bridgehead atoms. The lowest BCUT2D eigenvalue weighted by molar-refractivity contribution is 0.0693. The summed E-state index contributed by atoms with van der Waals surface area (Å²) in [5, 5.41) is 4.94. The van der Waals surface area contributed by atoms with Gasteiger partial charge in [-0.05, 0) is 24.3 Å². The summed E-state index contributed by atoms with van der Waals surface area (Å²) in [4.78, 5) is 34.7. The Hall–Kier alpha value is -3.94. The van der Waals surface area contributed by atoms with E-state index in [1.807, 2.05) is 0 Å². The molecule has 7 nitrogen and oxygen atoms in total. The lowest BCUT2D eigenvalue weighted by Gasteiger charge is -2.04. The molecule has 1 aliphatic rings. The van der Waals surface area contributed by atoms with E-state index in [1.165, 1.54) is 24.0 Å². The molecule has 0 saturated heterocycles. The van der Waals surface area contributed by atoms with Gasteiger partial charge in [-0.15, -0.1) is 0 Å². The van der Waals surface area contributed by atoms with Gasteiger partial charge in [0.1, 0.15) is 17.2 Å². The van der Waals surface area contributed by atoms with Crippen molar-refractivity contribution in [1.82, 2.24) is 24.6 Å². The highest BCUT2D eigenvalue weighted by molar-refractivity contribution is 6.27. The largest absolute Gasteiger partial charge is 0.277 e. The fourth-order valence-corrected chi connectivity index (χ4v) is 3.40. The number of nitrogens with zero attached hydrogens (tertiary/aromatic N) is 5. The molecule has 4 heterocycles. The van der Waals surface area contributed by atoms with Crippen molar-refractivity contribution in [3.63, 3.8) is 0 Å². The average molecular weight is 373 g/mol. The van der Waals surface area contributed by atoms with Crippen LogP contribution < -0.4 is 0 Å². The molecule has 0 radical (unpaired) electrons. The van der Waals surface area contributed by atoms with Crippen molar-refractivity contribution in [3.05, 3.63) is 71.9 Å². The summed E-state index contributed by atoms with van der Waals surface area (Å²) in [6.45, 7) is 0. The maximum absolute atomic E-state index is 14.5. The number of rotatable bonds is 2. The SMILES string of the molecule is CN1C(=O)c2cnc3c(c(-c4cccnc4)nn3-c3ccccc3F)c2C1=O. The zero-order chi connectivity index (χ0) is 19.4. The quantitative estimate of drug-likeness (QED) is 0.505. The Labute approximate surface area is 158 Å². The molecule has 0 saturated carbocycles. The number of hydrogen-bond acceptors (Lipinski definition) is 5. The van der Waals surface area contributed by atoms with E-state index in [1.54, 1.807) is 42.7 Å². The van der Waals surface area contributed by atoms with Gasteiger partial charge in [0, 0.05) is 31.2 Å². The summed E-state index contributed by atoms with van der Waals surface area (Å²) in [7, 11) is 1.42. The molecule has 8 heteroatoms. The summed E-state index contributed by atoms with van der Waals surface area (Å²) in [5.41, 5.74) is 1.95. The first-order valence-electron chi connectivity index (χ1n) is 8.47. The number of hydrogen-bond donors (Lipinski definition) is 0. The van der Waals surface area contributed by atoms with Crippen LogP contribution in [0.15, 0.2) is 55.0 Å². The lowest BCUT2D eigenvalue weighted by Crippen LogP contribution is -2.24.